The van der Waals surface area contributed by atoms with E-state index in [0.29, 0.717) is 5.75 Å². The van der Waals surface area contributed by atoms with E-state index in [-0.39, 0.29) is 39.5 Å². The normalized spacial score (nSPS) is 16.2. The first kappa shape index (κ1) is 16.6. The highest BCUT2D eigenvalue weighted by Crippen LogP contribution is 2.38. The number of halogens is 2. The van der Waals surface area contributed by atoms with Gasteiger partial charge in [-0.05, 0) is 12.1 Å². The minimum Gasteiger partial charge on any atom is -0.310 e. The van der Waals surface area contributed by atoms with Gasteiger partial charge in [0.25, 0.3) is 5.56 Å². The van der Waals surface area contributed by atoms with E-state index in [4.69, 9.17) is 18.0 Å². The smallest absolute Gasteiger partial charge is 0.257 e. The van der Waals surface area contributed by atoms with Crippen LogP contribution in [0.3, 0.4) is 0 Å². The summed E-state index contributed by atoms with van der Waals surface area (Å²) in [5.41, 5.74) is -0.151. The van der Waals surface area contributed by atoms with Gasteiger partial charge in [0.2, 0.25) is 5.91 Å². The summed E-state index contributed by atoms with van der Waals surface area (Å²) in [5, 5.41) is 3.00. The molecule has 0 bridgehead atoms. The molecule has 1 amide bonds. The number of rotatable bonds is 3. The van der Waals surface area contributed by atoms with E-state index in [2.05, 4.69) is 21.2 Å². The average Bonchev–Trinajstić information content (AvgIpc) is 2.52. The minimum atomic E-state index is -0.801. The number of terminal acetylenes is 1. The summed E-state index contributed by atoms with van der Waals surface area (Å²) in [6.07, 6.45) is 5.10. The Bertz CT molecular complexity index is 902. The highest BCUT2D eigenvalue weighted by molar-refractivity contribution is 7.99. The number of aromatic amines is 1. The van der Waals surface area contributed by atoms with Crippen LogP contribution in [-0.4, -0.2) is 21.6 Å². The van der Waals surface area contributed by atoms with E-state index in [1.165, 1.54) is 18.2 Å². The van der Waals surface area contributed by atoms with Crippen molar-refractivity contribution in [3.8, 4) is 12.3 Å². The van der Waals surface area contributed by atoms with E-state index >= 15 is 0 Å². The molecule has 2 N–H and O–H groups in total. The van der Waals surface area contributed by atoms with Gasteiger partial charge >= 0.3 is 0 Å². The van der Waals surface area contributed by atoms with Gasteiger partial charge in [-0.25, -0.2) is 9.37 Å². The van der Waals surface area contributed by atoms with E-state index in [1.54, 1.807) is 0 Å². The predicted octanol–water partition coefficient (Wildman–Crippen LogP) is 2.76. The number of hydrogen-bond acceptors (Lipinski definition) is 4. The Morgan fingerprint density at radius 3 is 2.92 bits per heavy atom. The maximum absolute atomic E-state index is 14.3. The lowest BCUT2D eigenvalue weighted by Crippen LogP contribution is -2.31. The Kier molecular flexibility index (Phi) is 4.60. The fourth-order valence-corrected chi connectivity index (χ4v) is 3.45. The van der Waals surface area contributed by atoms with Crippen molar-refractivity contribution in [1.29, 1.82) is 0 Å². The van der Waals surface area contributed by atoms with Gasteiger partial charge in [-0.3, -0.25) is 9.59 Å². The molecule has 3 rings (SSSR count). The van der Waals surface area contributed by atoms with E-state index in [1.807, 2.05) is 0 Å². The molecule has 0 fully saturated rings. The molecule has 1 aliphatic heterocycles. The largest absolute Gasteiger partial charge is 0.310 e. The lowest BCUT2D eigenvalue weighted by Gasteiger charge is -2.25. The van der Waals surface area contributed by atoms with Crippen molar-refractivity contribution in [3.63, 3.8) is 0 Å². The van der Waals surface area contributed by atoms with Crippen molar-refractivity contribution in [2.45, 2.75) is 17.5 Å². The molecular weight excluding hydrogens is 353 g/mol. The number of nitrogens with zero attached hydrogens (tertiary/aromatic N) is 1. The molecule has 0 radical (unpaired) electrons. The number of carbonyl (C=O) groups is 1. The maximum atomic E-state index is 14.3. The van der Waals surface area contributed by atoms with Crippen LogP contribution in [0.4, 0.5) is 10.2 Å². The standard InChI is InChI=1S/C16H11ClFN3O2S/c1-2-6-24-16-20-14-13(15(23)21-16)8(7-11(22)19-14)12-9(17)4-3-5-10(12)18/h1,3-5,8H,6-7H2,(H2,19,20,21,22,23). The number of amides is 1. The molecule has 0 saturated heterocycles. The number of hydrogen-bond donors (Lipinski definition) is 2. The van der Waals surface area contributed by atoms with Crippen LogP contribution < -0.4 is 10.9 Å². The van der Waals surface area contributed by atoms with Crippen LogP contribution in [0.5, 0.6) is 0 Å². The fourth-order valence-electron chi connectivity index (χ4n) is 2.62. The monoisotopic (exact) mass is 363 g/mol. The Morgan fingerprint density at radius 1 is 1.42 bits per heavy atom. The van der Waals surface area contributed by atoms with Gasteiger partial charge in [-0.15, -0.1) is 6.42 Å². The van der Waals surface area contributed by atoms with Crippen LogP contribution in [0, 0.1) is 18.2 Å². The summed E-state index contributed by atoms with van der Waals surface area (Å²) < 4.78 is 14.3. The first-order valence-electron chi connectivity index (χ1n) is 6.95. The fraction of sp³-hybridized carbons (Fsp3) is 0.188. The molecule has 0 spiro atoms. The second-order valence-corrected chi connectivity index (χ2v) is 6.44. The third kappa shape index (κ3) is 3.03. The van der Waals surface area contributed by atoms with Crippen LogP contribution in [0.1, 0.15) is 23.5 Å². The third-order valence-corrected chi connectivity index (χ3v) is 4.68. The van der Waals surface area contributed by atoms with Crippen LogP contribution in [-0.2, 0) is 4.79 Å². The summed E-state index contributed by atoms with van der Waals surface area (Å²) in [6.45, 7) is 0. The van der Waals surface area contributed by atoms with Crippen molar-refractivity contribution in [3.05, 3.63) is 50.5 Å². The lowest BCUT2D eigenvalue weighted by atomic mass is 9.86. The van der Waals surface area contributed by atoms with Crippen molar-refractivity contribution < 1.29 is 9.18 Å². The Hall–Kier alpha value is -2.30. The summed E-state index contributed by atoms with van der Waals surface area (Å²) in [6, 6.07) is 4.23. The maximum Gasteiger partial charge on any atom is 0.257 e. The lowest BCUT2D eigenvalue weighted by molar-refractivity contribution is -0.116. The highest BCUT2D eigenvalue weighted by atomic mass is 35.5. The first-order chi connectivity index (χ1) is 11.5. The second kappa shape index (κ2) is 6.67. The van der Waals surface area contributed by atoms with Gasteiger partial charge < -0.3 is 10.3 Å². The first-order valence-corrected chi connectivity index (χ1v) is 8.32. The number of anilines is 1. The quantitative estimate of drug-likeness (QED) is 0.499. The molecule has 1 aliphatic rings. The molecule has 2 aromatic rings. The van der Waals surface area contributed by atoms with Crippen LogP contribution in [0.25, 0.3) is 0 Å². The molecule has 24 heavy (non-hydrogen) atoms. The minimum absolute atomic E-state index is 0.0880. The Labute approximate surface area is 146 Å². The summed E-state index contributed by atoms with van der Waals surface area (Å²) in [5.74, 6) is 1.11. The molecule has 8 heteroatoms. The summed E-state index contributed by atoms with van der Waals surface area (Å²) in [4.78, 5) is 31.3. The van der Waals surface area contributed by atoms with E-state index < -0.39 is 17.3 Å². The second-order valence-electron chi connectivity index (χ2n) is 5.07. The van der Waals surface area contributed by atoms with Gasteiger partial charge in [0.15, 0.2) is 5.16 Å². The number of nitrogens with one attached hydrogen (secondary N) is 2. The van der Waals surface area contributed by atoms with Gasteiger partial charge in [0.05, 0.1) is 11.3 Å². The molecular formula is C16H11ClFN3O2S. The molecule has 1 atom stereocenters. The van der Waals surface area contributed by atoms with Crippen molar-refractivity contribution in [2.24, 2.45) is 0 Å². The number of thioether (sulfide) groups is 1. The number of carbonyl (C=O) groups excluding carboxylic acids is 1. The topological polar surface area (TPSA) is 74.8 Å². The molecule has 1 aromatic heterocycles. The zero-order valence-electron chi connectivity index (χ0n) is 12.2. The van der Waals surface area contributed by atoms with Crippen molar-refractivity contribution >= 4 is 35.1 Å². The van der Waals surface area contributed by atoms with Gasteiger partial charge in [-0.1, -0.05) is 35.3 Å². The average molecular weight is 364 g/mol. The van der Waals surface area contributed by atoms with Crippen molar-refractivity contribution in [2.75, 3.05) is 11.1 Å². The SMILES string of the molecule is C#CCSc1nc2c(c(=O)[nH]1)C(c1c(F)cccc1Cl)CC(=O)N2. The molecule has 0 aliphatic carbocycles. The van der Waals surface area contributed by atoms with Gasteiger partial charge in [0.1, 0.15) is 11.6 Å². The molecule has 122 valence electrons. The summed E-state index contributed by atoms with van der Waals surface area (Å²) >= 11 is 7.26. The van der Waals surface area contributed by atoms with Crippen LogP contribution >= 0.6 is 23.4 Å². The summed E-state index contributed by atoms with van der Waals surface area (Å²) in [7, 11) is 0. The van der Waals surface area contributed by atoms with E-state index in [0.717, 1.165) is 11.8 Å². The number of benzene rings is 1. The van der Waals surface area contributed by atoms with Crippen LogP contribution in [0.15, 0.2) is 28.2 Å². The predicted molar refractivity (Wildman–Crippen MR) is 90.9 cm³/mol. The van der Waals surface area contributed by atoms with Gasteiger partial charge in [-0.2, -0.15) is 0 Å². The Balaban J connectivity index is 2.15. The molecule has 1 unspecified atom stereocenters. The van der Waals surface area contributed by atoms with Crippen LogP contribution in [0.2, 0.25) is 5.02 Å². The molecule has 5 nitrogen and oxygen atoms in total. The molecule has 0 saturated carbocycles. The zero-order chi connectivity index (χ0) is 17.3. The zero-order valence-corrected chi connectivity index (χ0v) is 13.8. The van der Waals surface area contributed by atoms with Crippen molar-refractivity contribution in [1.82, 2.24) is 9.97 Å². The van der Waals surface area contributed by atoms with E-state index in [9.17, 15) is 14.0 Å². The number of fused-ring (bicyclic) bond motifs is 1. The highest BCUT2D eigenvalue weighted by Gasteiger charge is 2.33. The third-order valence-electron chi connectivity index (χ3n) is 3.57. The molecule has 2 heterocycles. The number of aromatic nitrogens is 2. The van der Waals surface area contributed by atoms with Gasteiger partial charge in [0, 0.05) is 22.9 Å². The number of H-pyrrole nitrogens is 1. The molecule has 1 aromatic carbocycles. The Morgan fingerprint density at radius 2 is 2.21 bits per heavy atom.